The third-order valence-electron chi connectivity index (χ3n) is 1.21. The lowest BCUT2D eigenvalue weighted by molar-refractivity contribution is -0.128. The summed E-state index contributed by atoms with van der Waals surface area (Å²) in [6.45, 7) is 0. The van der Waals surface area contributed by atoms with E-state index in [0.717, 1.165) is 0 Å². The fraction of sp³-hybridized carbons (Fsp3) is 0. The SMILES string of the molecule is O=C(O)C=NNc1ccc(F)cc1. The maximum Gasteiger partial charge on any atom is 0.348 e. The molecule has 0 spiro atoms. The molecule has 0 heterocycles. The van der Waals surface area contributed by atoms with Crippen molar-refractivity contribution < 1.29 is 14.3 Å². The number of hydrazone groups is 1. The first-order valence-corrected chi connectivity index (χ1v) is 3.46. The Labute approximate surface area is 73.7 Å². The van der Waals surface area contributed by atoms with Gasteiger partial charge in [-0.1, -0.05) is 0 Å². The van der Waals surface area contributed by atoms with Crippen LogP contribution in [0.5, 0.6) is 0 Å². The van der Waals surface area contributed by atoms with Gasteiger partial charge in [0.1, 0.15) is 12.0 Å². The summed E-state index contributed by atoms with van der Waals surface area (Å²) in [4.78, 5) is 9.99. The van der Waals surface area contributed by atoms with Crippen molar-refractivity contribution in [2.45, 2.75) is 0 Å². The molecule has 4 nitrogen and oxygen atoms in total. The molecule has 13 heavy (non-hydrogen) atoms. The number of anilines is 1. The molecule has 0 unspecified atom stereocenters. The molecule has 0 saturated heterocycles. The number of benzene rings is 1. The zero-order valence-electron chi connectivity index (χ0n) is 6.57. The van der Waals surface area contributed by atoms with Gasteiger partial charge in [-0.15, -0.1) is 0 Å². The number of halogens is 1. The van der Waals surface area contributed by atoms with Gasteiger partial charge in [0.2, 0.25) is 0 Å². The van der Waals surface area contributed by atoms with Crippen LogP contribution in [0.1, 0.15) is 0 Å². The third-order valence-corrected chi connectivity index (χ3v) is 1.21. The van der Waals surface area contributed by atoms with Crippen molar-refractivity contribution in [1.82, 2.24) is 0 Å². The van der Waals surface area contributed by atoms with Gasteiger partial charge in [0, 0.05) is 0 Å². The highest BCUT2D eigenvalue weighted by Crippen LogP contribution is 2.07. The van der Waals surface area contributed by atoms with Gasteiger partial charge in [0.15, 0.2) is 0 Å². The Bertz CT molecular complexity index is 321. The minimum atomic E-state index is -1.14. The fourth-order valence-corrected chi connectivity index (χ4v) is 0.686. The summed E-state index contributed by atoms with van der Waals surface area (Å²) in [6.07, 6.45) is 0.712. The van der Waals surface area contributed by atoms with E-state index in [2.05, 4.69) is 10.5 Å². The zero-order valence-corrected chi connectivity index (χ0v) is 6.57. The van der Waals surface area contributed by atoms with E-state index in [1.807, 2.05) is 0 Å². The van der Waals surface area contributed by atoms with Crippen LogP contribution in [-0.4, -0.2) is 17.3 Å². The second-order valence-corrected chi connectivity index (χ2v) is 2.22. The molecule has 0 atom stereocenters. The Kier molecular flexibility index (Phi) is 2.97. The number of aliphatic carboxylic acids is 1. The van der Waals surface area contributed by atoms with Gasteiger partial charge in [0.25, 0.3) is 0 Å². The molecule has 0 aliphatic rings. The Hall–Kier alpha value is -1.91. The Balaban J connectivity index is 2.55. The first-order valence-electron chi connectivity index (χ1n) is 3.46. The lowest BCUT2D eigenvalue weighted by atomic mass is 10.3. The lowest BCUT2D eigenvalue weighted by Gasteiger charge is -1.97. The van der Waals surface area contributed by atoms with Crippen LogP contribution >= 0.6 is 0 Å². The van der Waals surface area contributed by atoms with Gasteiger partial charge >= 0.3 is 5.97 Å². The van der Waals surface area contributed by atoms with Crippen molar-refractivity contribution in [2.24, 2.45) is 5.10 Å². The van der Waals surface area contributed by atoms with Gasteiger partial charge in [-0.25, -0.2) is 9.18 Å². The molecule has 68 valence electrons. The van der Waals surface area contributed by atoms with Gasteiger partial charge in [-0.3, -0.25) is 5.43 Å². The molecule has 1 rings (SSSR count). The molecule has 0 saturated carbocycles. The minimum Gasteiger partial charge on any atom is -0.477 e. The van der Waals surface area contributed by atoms with Crippen molar-refractivity contribution >= 4 is 17.9 Å². The van der Waals surface area contributed by atoms with Crippen molar-refractivity contribution in [3.63, 3.8) is 0 Å². The number of nitrogens with one attached hydrogen (secondary N) is 1. The van der Waals surface area contributed by atoms with E-state index in [1.54, 1.807) is 0 Å². The molecule has 2 N–H and O–H groups in total. The predicted molar refractivity (Wildman–Crippen MR) is 46.2 cm³/mol. The third kappa shape index (κ3) is 3.33. The first kappa shape index (κ1) is 9.18. The van der Waals surface area contributed by atoms with E-state index >= 15 is 0 Å². The van der Waals surface area contributed by atoms with E-state index in [1.165, 1.54) is 24.3 Å². The molecule has 0 fully saturated rings. The van der Waals surface area contributed by atoms with Crippen molar-refractivity contribution in [1.29, 1.82) is 0 Å². The standard InChI is InChI=1S/C8H7FN2O2/c9-6-1-3-7(4-2-6)11-10-5-8(12)13/h1-5,11H,(H,12,13). The van der Waals surface area contributed by atoms with Crippen LogP contribution < -0.4 is 5.43 Å². The number of carbonyl (C=O) groups is 1. The maximum atomic E-state index is 12.4. The molecule has 0 amide bonds. The highest BCUT2D eigenvalue weighted by molar-refractivity contribution is 6.22. The van der Waals surface area contributed by atoms with E-state index in [-0.39, 0.29) is 5.82 Å². The normalized spacial score (nSPS) is 10.2. The molecule has 0 radical (unpaired) electrons. The van der Waals surface area contributed by atoms with Crippen LogP contribution in [-0.2, 0) is 4.79 Å². The van der Waals surface area contributed by atoms with E-state index in [4.69, 9.17) is 5.11 Å². The molecule has 1 aromatic rings. The van der Waals surface area contributed by atoms with E-state index in [9.17, 15) is 9.18 Å². The summed E-state index contributed by atoms with van der Waals surface area (Å²) >= 11 is 0. The summed E-state index contributed by atoms with van der Waals surface area (Å²) in [5.74, 6) is -1.50. The van der Waals surface area contributed by atoms with Crippen LogP contribution in [0.2, 0.25) is 0 Å². The number of nitrogens with zero attached hydrogens (tertiary/aromatic N) is 1. The number of carboxylic acids is 1. The Morgan fingerprint density at radius 2 is 2.08 bits per heavy atom. The number of carboxylic acid groups (broad SMARTS) is 1. The number of hydrogen-bond acceptors (Lipinski definition) is 3. The Morgan fingerprint density at radius 1 is 1.46 bits per heavy atom. The molecule has 1 aromatic carbocycles. The summed E-state index contributed by atoms with van der Waals surface area (Å²) in [5.41, 5.74) is 2.95. The second-order valence-electron chi connectivity index (χ2n) is 2.22. The molecule has 0 bridgehead atoms. The molecular weight excluding hydrogens is 175 g/mol. The largest absolute Gasteiger partial charge is 0.477 e. The van der Waals surface area contributed by atoms with Crippen molar-refractivity contribution in [3.8, 4) is 0 Å². The average Bonchev–Trinajstić information content (AvgIpc) is 2.08. The maximum absolute atomic E-state index is 12.4. The van der Waals surface area contributed by atoms with Crippen molar-refractivity contribution in [2.75, 3.05) is 5.43 Å². The van der Waals surface area contributed by atoms with Gasteiger partial charge in [0.05, 0.1) is 5.69 Å². The van der Waals surface area contributed by atoms with E-state index in [0.29, 0.717) is 11.9 Å². The van der Waals surface area contributed by atoms with Gasteiger partial charge in [-0.2, -0.15) is 5.10 Å². The van der Waals surface area contributed by atoms with Crippen LogP contribution in [0, 0.1) is 5.82 Å². The molecular formula is C8H7FN2O2. The van der Waals surface area contributed by atoms with Crippen LogP contribution in [0.25, 0.3) is 0 Å². The first-order chi connectivity index (χ1) is 6.18. The van der Waals surface area contributed by atoms with Crippen molar-refractivity contribution in [3.05, 3.63) is 30.1 Å². The van der Waals surface area contributed by atoms with Gasteiger partial charge in [-0.05, 0) is 24.3 Å². The minimum absolute atomic E-state index is 0.354. The smallest absolute Gasteiger partial charge is 0.348 e. The summed E-state index contributed by atoms with van der Waals surface area (Å²) in [6, 6.07) is 5.40. The Morgan fingerprint density at radius 3 is 2.62 bits per heavy atom. The van der Waals surface area contributed by atoms with Crippen LogP contribution in [0.15, 0.2) is 29.4 Å². The van der Waals surface area contributed by atoms with Crippen LogP contribution in [0.4, 0.5) is 10.1 Å². The predicted octanol–water partition coefficient (Wildman–Crippen LogP) is 1.31. The monoisotopic (exact) mass is 182 g/mol. The summed E-state index contributed by atoms with van der Waals surface area (Å²) < 4.78 is 12.4. The highest BCUT2D eigenvalue weighted by atomic mass is 19.1. The quantitative estimate of drug-likeness (QED) is 0.547. The lowest BCUT2D eigenvalue weighted by Crippen LogP contribution is -1.98. The fourth-order valence-electron chi connectivity index (χ4n) is 0.686. The summed E-state index contributed by atoms with van der Waals surface area (Å²) in [7, 11) is 0. The molecule has 0 aliphatic heterocycles. The number of rotatable bonds is 3. The zero-order chi connectivity index (χ0) is 9.68. The second kappa shape index (κ2) is 4.20. The molecule has 0 aliphatic carbocycles. The molecule has 5 heteroatoms. The van der Waals surface area contributed by atoms with Gasteiger partial charge < -0.3 is 5.11 Å². The average molecular weight is 182 g/mol. The highest BCUT2D eigenvalue weighted by Gasteiger charge is 1.90. The molecule has 0 aromatic heterocycles. The van der Waals surface area contributed by atoms with Crippen LogP contribution in [0.3, 0.4) is 0 Å². The number of hydrogen-bond donors (Lipinski definition) is 2. The summed E-state index contributed by atoms with van der Waals surface area (Å²) in [5, 5.41) is 11.6. The topological polar surface area (TPSA) is 61.7 Å². The van der Waals surface area contributed by atoms with E-state index < -0.39 is 5.97 Å².